The molecule has 0 aliphatic heterocycles. The van der Waals surface area contributed by atoms with E-state index in [1.165, 1.54) is 4.57 Å². The zero-order chi connectivity index (χ0) is 16.7. The zero-order valence-corrected chi connectivity index (χ0v) is 14.4. The normalized spacial score (nSPS) is 10.9. The first-order valence-corrected chi connectivity index (χ1v) is 7.83. The van der Waals surface area contributed by atoms with Gasteiger partial charge in [0.15, 0.2) is 5.65 Å². The molecule has 0 N–H and O–H groups in total. The van der Waals surface area contributed by atoms with Crippen LogP contribution in [0.2, 0.25) is 5.02 Å². The molecule has 0 unspecified atom stereocenters. The van der Waals surface area contributed by atoms with E-state index in [4.69, 9.17) is 11.6 Å². The Kier molecular flexibility index (Phi) is 3.95. The summed E-state index contributed by atoms with van der Waals surface area (Å²) in [6.45, 7) is 5.46. The van der Waals surface area contributed by atoms with E-state index in [1.54, 1.807) is 43.5 Å². The second-order valence-corrected chi connectivity index (χ2v) is 6.29. The van der Waals surface area contributed by atoms with Gasteiger partial charge >= 0.3 is 5.69 Å². The molecular weight excluding hydrogens is 382 g/mol. The highest BCUT2D eigenvalue weighted by Crippen LogP contribution is 2.21. The molecule has 1 aromatic carbocycles. The molecule has 0 fully saturated rings. The Balaban J connectivity index is 2.38. The molecule has 0 aliphatic rings. The number of imidazole rings is 1. The van der Waals surface area contributed by atoms with Crippen LogP contribution in [0.1, 0.15) is 17.3 Å². The van der Waals surface area contributed by atoms with Crippen molar-refractivity contribution in [3.8, 4) is 0 Å². The van der Waals surface area contributed by atoms with Gasteiger partial charge in [0.25, 0.3) is 5.91 Å². The van der Waals surface area contributed by atoms with E-state index >= 15 is 0 Å². The van der Waals surface area contributed by atoms with Gasteiger partial charge < -0.3 is 0 Å². The Morgan fingerprint density at radius 3 is 2.65 bits per heavy atom. The molecule has 0 atom stereocenters. The number of pyridine rings is 1. The number of aromatic nitrogens is 3. The molecule has 0 radical (unpaired) electrons. The molecule has 3 rings (SSSR count). The molecule has 0 saturated carbocycles. The van der Waals surface area contributed by atoms with E-state index < -0.39 is 11.6 Å². The lowest BCUT2D eigenvalue weighted by Crippen LogP contribution is -2.29. The van der Waals surface area contributed by atoms with Gasteiger partial charge in [-0.25, -0.2) is 18.9 Å². The Morgan fingerprint density at radius 1 is 1.30 bits per heavy atom. The minimum absolute atomic E-state index is 0.247. The van der Waals surface area contributed by atoms with Gasteiger partial charge in [0, 0.05) is 16.4 Å². The van der Waals surface area contributed by atoms with E-state index in [1.807, 2.05) is 0 Å². The molecule has 3 aromatic rings. The van der Waals surface area contributed by atoms with Crippen molar-refractivity contribution in [1.82, 2.24) is 14.1 Å². The summed E-state index contributed by atoms with van der Waals surface area (Å²) >= 11 is 9.40. The third kappa shape index (κ3) is 2.54. The van der Waals surface area contributed by atoms with Gasteiger partial charge in [0.2, 0.25) is 0 Å². The lowest BCUT2D eigenvalue weighted by molar-refractivity contribution is 0.0960. The van der Waals surface area contributed by atoms with Crippen molar-refractivity contribution < 1.29 is 4.79 Å². The molecule has 0 amide bonds. The summed E-state index contributed by atoms with van der Waals surface area (Å²) in [6, 6.07) is 8.25. The summed E-state index contributed by atoms with van der Waals surface area (Å²) in [5, 5.41) is 0.281. The van der Waals surface area contributed by atoms with Crippen molar-refractivity contribution in [2.24, 2.45) is 0 Å². The van der Waals surface area contributed by atoms with Crippen molar-refractivity contribution in [3.63, 3.8) is 0 Å². The highest BCUT2D eigenvalue weighted by Gasteiger charge is 2.22. The van der Waals surface area contributed by atoms with Gasteiger partial charge in [-0.05, 0) is 41.1 Å². The Hall–Kier alpha value is -2.18. The van der Waals surface area contributed by atoms with Crippen LogP contribution in [0.5, 0.6) is 0 Å². The van der Waals surface area contributed by atoms with Crippen LogP contribution in [0.4, 0.5) is 0 Å². The van der Waals surface area contributed by atoms with Crippen LogP contribution in [0, 0.1) is 0 Å². The number of hydrogen-bond donors (Lipinski definition) is 0. The van der Waals surface area contributed by atoms with Crippen molar-refractivity contribution in [1.29, 1.82) is 0 Å². The van der Waals surface area contributed by atoms with Crippen molar-refractivity contribution >= 4 is 50.3 Å². The van der Waals surface area contributed by atoms with Gasteiger partial charge in [-0.1, -0.05) is 30.3 Å². The summed E-state index contributed by atoms with van der Waals surface area (Å²) in [5.41, 5.74) is 0.948. The standard InChI is InChI=1S/C16H11BrClN3O2/c1-9(2)20-14-13(7-10(17)8-19-14)21(16(20)23)15(22)11-5-3-4-6-12(11)18/h3-8H,1H2,2H3. The fourth-order valence-corrected chi connectivity index (χ4v) is 2.88. The van der Waals surface area contributed by atoms with Gasteiger partial charge in [-0.3, -0.25) is 4.79 Å². The highest BCUT2D eigenvalue weighted by molar-refractivity contribution is 9.10. The number of halogens is 2. The van der Waals surface area contributed by atoms with Crippen LogP contribution in [0.25, 0.3) is 16.9 Å². The average Bonchev–Trinajstić information content (AvgIpc) is 2.78. The molecule has 7 heteroatoms. The van der Waals surface area contributed by atoms with Crippen LogP contribution >= 0.6 is 27.5 Å². The van der Waals surface area contributed by atoms with Crippen molar-refractivity contribution in [2.45, 2.75) is 6.92 Å². The summed E-state index contributed by atoms with van der Waals surface area (Å²) < 4.78 is 3.02. The fourth-order valence-electron chi connectivity index (χ4n) is 2.35. The SMILES string of the molecule is C=C(C)n1c(=O)n(C(=O)c2ccccc2Cl)c2cc(Br)cnc21. The maximum absolute atomic E-state index is 12.8. The second kappa shape index (κ2) is 5.79. The molecule has 116 valence electrons. The quantitative estimate of drug-likeness (QED) is 0.667. The van der Waals surface area contributed by atoms with Crippen LogP contribution in [-0.4, -0.2) is 20.0 Å². The molecule has 0 spiro atoms. The Morgan fingerprint density at radius 2 is 2.00 bits per heavy atom. The van der Waals surface area contributed by atoms with Crippen molar-refractivity contribution in [2.75, 3.05) is 0 Å². The zero-order valence-electron chi connectivity index (χ0n) is 12.1. The molecular formula is C16H11BrClN3O2. The molecule has 0 saturated heterocycles. The van der Waals surface area contributed by atoms with Crippen LogP contribution < -0.4 is 5.69 Å². The number of nitrogens with zero attached hydrogens (tertiary/aromatic N) is 3. The number of benzene rings is 1. The Bertz CT molecular complexity index is 1020. The predicted molar refractivity (Wildman–Crippen MR) is 93.9 cm³/mol. The van der Waals surface area contributed by atoms with Crippen molar-refractivity contribution in [3.05, 3.63) is 68.7 Å². The van der Waals surface area contributed by atoms with E-state index in [2.05, 4.69) is 27.5 Å². The molecule has 2 heterocycles. The van der Waals surface area contributed by atoms with Gasteiger partial charge in [-0.15, -0.1) is 0 Å². The average molecular weight is 393 g/mol. The summed E-state index contributed by atoms with van der Waals surface area (Å²) in [5.74, 6) is -0.509. The Labute approximate surface area is 145 Å². The first kappa shape index (κ1) is 15.7. The molecule has 5 nitrogen and oxygen atoms in total. The number of rotatable bonds is 2. The minimum Gasteiger partial charge on any atom is -0.268 e. The van der Waals surface area contributed by atoms with Gasteiger partial charge in [0.05, 0.1) is 16.1 Å². The number of allylic oxidation sites excluding steroid dienone is 1. The number of carbonyl (C=O) groups is 1. The summed E-state index contributed by atoms with van der Waals surface area (Å²) in [7, 11) is 0. The first-order chi connectivity index (χ1) is 10.9. The smallest absolute Gasteiger partial charge is 0.268 e. The number of fused-ring (bicyclic) bond motifs is 1. The maximum atomic E-state index is 12.8. The highest BCUT2D eigenvalue weighted by atomic mass is 79.9. The van der Waals surface area contributed by atoms with E-state index in [0.29, 0.717) is 21.3 Å². The van der Waals surface area contributed by atoms with Crippen LogP contribution in [0.15, 0.2) is 52.4 Å². The number of hydrogen-bond acceptors (Lipinski definition) is 3. The van der Waals surface area contributed by atoms with E-state index in [-0.39, 0.29) is 10.6 Å². The van der Waals surface area contributed by atoms with Crippen LogP contribution in [0.3, 0.4) is 0 Å². The third-order valence-corrected chi connectivity index (χ3v) is 4.10. The maximum Gasteiger partial charge on any atom is 0.341 e. The minimum atomic E-state index is -0.525. The largest absolute Gasteiger partial charge is 0.341 e. The fraction of sp³-hybridized carbons (Fsp3) is 0.0625. The van der Waals surface area contributed by atoms with Gasteiger partial charge in [-0.2, -0.15) is 0 Å². The number of carbonyl (C=O) groups excluding carboxylic acids is 1. The lowest BCUT2D eigenvalue weighted by Gasteiger charge is -2.04. The predicted octanol–water partition coefficient (Wildman–Crippen LogP) is 3.79. The monoisotopic (exact) mass is 391 g/mol. The van der Waals surface area contributed by atoms with Gasteiger partial charge in [0.1, 0.15) is 0 Å². The first-order valence-electron chi connectivity index (χ1n) is 6.66. The molecule has 0 aliphatic carbocycles. The summed E-state index contributed by atoms with van der Waals surface area (Å²) in [4.78, 5) is 29.8. The molecule has 0 bridgehead atoms. The summed E-state index contributed by atoms with van der Waals surface area (Å²) in [6.07, 6.45) is 1.56. The lowest BCUT2D eigenvalue weighted by atomic mass is 10.2. The van der Waals surface area contributed by atoms with Crippen LogP contribution in [-0.2, 0) is 0 Å². The molecule has 23 heavy (non-hydrogen) atoms. The topological polar surface area (TPSA) is 56.9 Å². The van der Waals surface area contributed by atoms with E-state index in [9.17, 15) is 9.59 Å². The molecule has 2 aromatic heterocycles. The van der Waals surface area contributed by atoms with E-state index in [0.717, 1.165) is 4.57 Å². The third-order valence-electron chi connectivity index (χ3n) is 3.34. The second-order valence-electron chi connectivity index (χ2n) is 4.97.